The van der Waals surface area contributed by atoms with E-state index >= 15 is 0 Å². The number of hydrogen-bond acceptors (Lipinski definition) is 7. The number of nitro benzene ring substituents is 1. The van der Waals surface area contributed by atoms with Crippen molar-refractivity contribution in [3.05, 3.63) is 81.0 Å². The van der Waals surface area contributed by atoms with Gasteiger partial charge in [0, 0.05) is 31.1 Å². The number of para-hydroxylation sites is 1. The number of likely N-dealkylation sites (N-methyl/N-ethyl adjacent to an activating group) is 1. The lowest BCUT2D eigenvalue weighted by Crippen LogP contribution is -2.32. The molecule has 0 spiro atoms. The van der Waals surface area contributed by atoms with E-state index in [1.54, 1.807) is 19.2 Å². The first-order chi connectivity index (χ1) is 17.4. The van der Waals surface area contributed by atoms with Gasteiger partial charge in [-0.15, -0.1) is 0 Å². The summed E-state index contributed by atoms with van der Waals surface area (Å²) in [6.07, 6.45) is 4.30. The van der Waals surface area contributed by atoms with Crippen molar-refractivity contribution < 1.29 is 19.2 Å². The average molecular weight is 485 g/mol. The Hall–Kier alpha value is -4.58. The minimum absolute atomic E-state index is 0.0168. The van der Waals surface area contributed by atoms with E-state index < -0.39 is 17.5 Å². The Morgan fingerprint density at radius 3 is 2.67 bits per heavy atom. The van der Waals surface area contributed by atoms with E-state index in [9.17, 15) is 19.7 Å². The molecule has 0 saturated heterocycles. The number of carbonyl (C=O) groups excluding carboxylic acids is 2. The molecule has 0 atom stereocenters. The van der Waals surface area contributed by atoms with Crippen molar-refractivity contribution >= 4 is 40.1 Å². The fraction of sp³-hybridized carbons (Fsp3) is 0.259. The quantitative estimate of drug-likeness (QED) is 0.273. The molecule has 4 rings (SSSR count). The summed E-state index contributed by atoms with van der Waals surface area (Å²) in [5, 5.41) is 20.3. The number of carbonyl (C=O) groups is 2. The van der Waals surface area contributed by atoms with Gasteiger partial charge in [-0.3, -0.25) is 14.9 Å². The zero-order valence-electron chi connectivity index (χ0n) is 19.8. The molecule has 36 heavy (non-hydrogen) atoms. The Balaban J connectivity index is 1.69. The molecule has 0 fully saturated rings. The predicted octanol–water partition coefficient (Wildman–Crippen LogP) is 4.55. The summed E-state index contributed by atoms with van der Waals surface area (Å²) in [6, 6.07) is 15.6. The molecule has 0 unspecified atom stereocenters. The van der Waals surface area contributed by atoms with E-state index in [-0.39, 0.29) is 24.6 Å². The van der Waals surface area contributed by atoms with Gasteiger partial charge in [0.2, 0.25) is 0 Å². The third-order valence-electron chi connectivity index (χ3n) is 6.13. The highest BCUT2D eigenvalue weighted by atomic mass is 16.6. The third-order valence-corrected chi connectivity index (χ3v) is 6.13. The van der Waals surface area contributed by atoms with E-state index in [4.69, 9.17) is 15.0 Å². The van der Waals surface area contributed by atoms with Gasteiger partial charge in [0.25, 0.3) is 11.6 Å². The van der Waals surface area contributed by atoms with Gasteiger partial charge < -0.3 is 9.64 Å². The fourth-order valence-electron chi connectivity index (χ4n) is 4.25. The Labute approximate surface area is 207 Å². The van der Waals surface area contributed by atoms with Crippen LogP contribution >= 0.6 is 0 Å². The molecule has 0 saturated carbocycles. The van der Waals surface area contributed by atoms with E-state index in [1.165, 1.54) is 17.0 Å². The molecule has 182 valence electrons. The topological polar surface area (TPSA) is 126 Å². The summed E-state index contributed by atoms with van der Waals surface area (Å²) in [7, 11) is 1.56. The van der Waals surface area contributed by atoms with Gasteiger partial charge in [-0.2, -0.15) is 5.26 Å². The molecule has 1 aliphatic rings. The number of fused-ring (bicyclic) bond motifs is 2. The molecule has 3 aromatic rings. The molecule has 2 aromatic carbocycles. The van der Waals surface area contributed by atoms with Crippen molar-refractivity contribution in [3.8, 4) is 6.07 Å². The molecule has 1 heterocycles. The second-order valence-electron chi connectivity index (χ2n) is 8.50. The van der Waals surface area contributed by atoms with Crippen LogP contribution in [0.1, 0.15) is 46.4 Å². The first-order valence-corrected chi connectivity index (χ1v) is 11.5. The summed E-state index contributed by atoms with van der Waals surface area (Å²) in [6.45, 7) is -0.158. The van der Waals surface area contributed by atoms with Crippen molar-refractivity contribution in [1.82, 2.24) is 9.88 Å². The highest BCUT2D eigenvalue weighted by Crippen LogP contribution is 2.36. The van der Waals surface area contributed by atoms with Gasteiger partial charge in [-0.25, -0.2) is 9.78 Å². The van der Waals surface area contributed by atoms with Crippen LogP contribution in [0.4, 0.5) is 5.69 Å². The van der Waals surface area contributed by atoms with Crippen LogP contribution in [0.2, 0.25) is 0 Å². The van der Waals surface area contributed by atoms with Crippen LogP contribution in [0.3, 0.4) is 0 Å². The standard InChI is InChI=1S/C27H24N4O5/c1-30(15-5-14-28)24(32)17-36-27(33)25-21-7-2-3-9-23(21)29-26-19(6-4-8-22(25)26)16-18-10-12-20(13-11-18)31(34)35/h2-3,7,9-13,16H,4-6,8,15,17H2,1H3/b19-16-. The minimum Gasteiger partial charge on any atom is -0.452 e. The number of amides is 1. The first-order valence-electron chi connectivity index (χ1n) is 11.5. The molecule has 0 N–H and O–H groups in total. The van der Waals surface area contributed by atoms with Gasteiger partial charge in [-0.05, 0) is 60.2 Å². The predicted molar refractivity (Wildman–Crippen MR) is 134 cm³/mol. The Kier molecular flexibility index (Phi) is 7.35. The lowest BCUT2D eigenvalue weighted by molar-refractivity contribution is -0.384. The molecule has 1 aromatic heterocycles. The summed E-state index contributed by atoms with van der Waals surface area (Å²) in [4.78, 5) is 42.4. The molecule has 1 amide bonds. The number of ether oxygens (including phenoxy) is 1. The molecule has 9 nitrogen and oxygen atoms in total. The number of rotatable bonds is 7. The largest absolute Gasteiger partial charge is 0.452 e. The van der Waals surface area contributed by atoms with Crippen LogP contribution in [-0.2, 0) is 16.0 Å². The number of benzene rings is 2. The van der Waals surface area contributed by atoms with Crippen LogP contribution in [0.15, 0.2) is 48.5 Å². The lowest BCUT2D eigenvalue weighted by atomic mass is 9.86. The van der Waals surface area contributed by atoms with Gasteiger partial charge >= 0.3 is 5.97 Å². The molecule has 1 aliphatic carbocycles. The zero-order chi connectivity index (χ0) is 25.7. The second-order valence-corrected chi connectivity index (χ2v) is 8.50. The average Bonchev–Trinajstić information content (AvgIpc) is 2.89. The number of hydrogen-bond donors (Lipinski definition) is 0. The summed E-state index contributed by atoms with van der Waals surface area (Å²) in [5.74, 6) is -0.979. The van der Waals surface area contributed by atoms with Crippen molar-refractivity contribution in [1.29, 1.82) is 5.26 Å². The van der Waals surface area contributed by atoms with Crippen molar-refractivity contribution in [2.75, 3.05) is 20.2 Å². The van der Waals surface area contributed by atoms with Crippen molar-refractivity contribution in [3.63, 3.8) is 0 Å². The molecular weight excluding hydrogens is 460 g/mol. The van der Waals surface area contributed by atoms with Crippen molar-refractivity contribution in [2.24, 2.45) is 0 Å². The normalized spacial score (nSPS) is 13.6. The van der Waals surface area contributed by atoms with Gasteiger partial charge in [-0.1, -0.05) is 18.2 Å². The molecule has 0 bridgehead atoms. The van der Waals surface area contributed by atoms with Crippen LogP contribution < -0.4 is 0 Å². The lowest BCUT2D eigenvalue weighted by Gasteiger charge is -2.23. The summed E-state index contributed by atoms with van der Waals surface area (Å²) >= 11 is 0. The number of pyridine rings is 1. The van der Waals surface area contributed by atoms with Gasteiger partial charge in [0.05, 0.1) is 34.2 Å². The summed E-state index contributed by atoms with van der Waals surface area (Å²) < 4.78 is 5.43. The number of nitrogens with zero attached hydrogens (tertiary/aromatic N) is 4. The highest BCUT2D eigenvalue weighted by molar-refractivity contribution is 6.07. The molecule has 0 radical (unpaired) electrons. The van der Waals surface area contributed by atoms with Crippen LogP contribution in [-0.4, -0.2) is 46.9 Å². The number of allylic oxidation sites excluding steroid dienone is 1. The van der Waals surface area contributed by atoms with Crippen LogP contribution in [0, 0.1) is 21.4 Å². The van der Waals surface area contributed by atoms with Crippen LogP contribution in [0.25, 0.3) is 22.6 Å². The number of aromatic nitrogens is 1. The maximum absolute atomic E-state index is 13.3. The Bertz CT molecular complexity index is 1410. The monoisotopic (exact) mass is 484 g/mol. The van der Waals surface area contributed by atoms with E-state index in [0.29, 0.717) is 28.6 Å². The fourth-order valence-corrected chi connectivity index (χ4v) is 4.25. The minimum atomic E-state index is -0.594. The number of esters is 1. The maximum atomic E-state index is 13.3. The first kappa shape index (κ1) is 24.5. The molecule has 9 heteroatoms. The smallest absolute Gasteiger partial charge is 0.339 e. The van der Waals surface area contributed by atoms with Crippen LogP contribution in [0.5, 0.6) is 0 Å². The molecule has 0 aliphatic heterocycles. The molecular formula is C27H24N4O5. The zero-order valence-corrected chi connectivity index (χ0v) is 19.8. The van der Waals surface area contributed by atoms with Gasteiger partial charge in [0.15, 0.2) is 6.61 Å². The van der Waals surface area contributed by atoms with Crippen molar-refractivity contribution in [2.45, 2.75) is 25.7 Å². The Morgan fingerprint density at radius 1 is 1.19 bits per heavy atom. The number of nitriles is 1. The number of nitro groups is 1. The third kappa shape index (κ3) is 5.23. The SMILES string of the molecule is CN(CCC#N)C(=O)COC(=O)c1c2c(nc3ccccc13)/C(=C\c1ccc([N+](=O)[O-])cc1)CCC2. The Morgan fingerprint density at radius 2 is 1.94 bits per heavy atom. The highest BCUT2D eigenvalue weighted by Gasteiger charge is 2.26. The second kappa shape index (κ2) is 10.8. The maximum Gasteiger partial charge on any atom is 0.339 e. The van der Waals surface area contributed by atoms with E-state index in [0.717, 1.165) is 29.5 Å². The van der Waals surface area contributed by atoms with E-state index in [2.05, 4.69) is 0 Å². The van der Waals surface area contributed by atoms with E-state index in [1.807, 2.05) is 36.4 Å². The van der Waals surface area contributed by atoms with Gasteiger partial charge in [0.1, 0.15) is 0 Å². The number of non-ortho nitro benzene ring substituents is 1. The summed E-state index contributed by atoms with van der Waals surface area (Å²) in [5.41, 5.74) is 4.24.